The fraction of sp³-hybridized carbons (Fsp3) is 0.444. The molecule has 3 aliphatic rings. The summed E-state index contributed by atoms with van der Waals surface area (Å²) in [5.41, 5.74) is 3.81. The van der Waals surface area contributed by atoms with E-state index < -0.39 is 11.6 Å². The zero-order valence-corrected chi connectivity index (χ0v) is 20.6. The predicted molar refractivity (Wildman–Crippen MR) is 135 cm³/mol. The highest BCUT2D eigenvalue weighted by atomic mass is 19.1. The molecule has 3 heterocycles. The van der Waals surface area contributed by atoms with Crippen molar-refractivity contribution in [3.05, 3.63) is 57.9 Å². The number of halogens is 2. The SMILES string of the molecule is CCCC1=CC(Cc2nc(Oc3cc(F)c4c(c3F)C=C(C)C4)cc(N3CCN(C)CC3)n2)=NC1. The summed E-state index contributed by atoms with van der Waals surface area (Å²) in [6.45, 7) is 8.22. The second kappa shape index (κ2) is 9.85. The van der Waals surface area contributed by atoms with E-state index in [1.54, 1.807) is 12.1 Å². The van der Waals surface area contributed by atoms with E-state index in [9.17, 15) is 4.39 Å². The Morgan fingerprint density at radius 3 is 2.63 bits per heavy atom. The van der Waals surface area contributed by atoms with Crippen LogP contribution in [0, 0.1) is 11.6 Å². The van der Waals surface area contributed by atoms with Gasteiger partial charge >= 0.3 is 0 Å². The Hall–Kier alpha value is -3.13. The molecule has 1 aromatic carbocycles. The number of hydrogen-bond donors (Lipinski definition) is 0. The van der Waals surface area contributed by atoms with E-state index in [2.05, 4.69) is 39.8 Å². The van der Waals surface area contributed by atoms with E-state index in [-0.39, 0.29) is 17.2 Å². The van der Waals surface area contributed by atoms with Crippen molar-refractivity contribution in [3.8, 4) is 11.6 Å². The lowest BCUT2D eigenvalue weighted by Crippen LogP contribution is -2.44. The van der Waals surface area contributed by atoms with Crippen molar-refractivity contribution in [3.63, 3.8) is 0 Å². The van der Waals surface area contributed by atoms with Gasteiger partial charge in [0.25, 0.3) is 0 Å². The maximum absolute atomic E-state index is 15.2. The standard InChI is InChI=1S/C27H31F2N5O/c1-4-5-18-12-19(30-16-18)13-24-31-25(34-8-6-33(3)7-9-34)15-26(32-24)35-23-14-22(28)20-10-17(2)11-21(20)27(23)29/h11-12,14-15H,4-10,13,16H2,1-3H3. The summed E-state index contributed by atoms with van der Waals surface area (Å²) in [6.07, 6.45) is 6.80. The maximum Gasteiger partial charge on any atom is 0.224 e. The van der Waals surface area contributed by atoms with Crippen LogP contribution in [-0.2, 0) is 12.8 Å². The van der Waals surface area contributed by atoms with Gasteiger partial charge in [0.15, 0.2) is 11.6 Å². The van der Waals surface area contributed by atoms with Crippen LogP contribution < -0.4 is 9.64 Å². The van der Waals surface area contributed by atoms with Gasteiger partial charge in [-0.15, -0.1) is 0 Å². The fourth-order valence-electron chi connectivity index (χ4n) is 4.81. The highest BCUT2D eigenvalue weighted by Crippen LogP contribution is 2.36. The zero-order chi connectivity index (χ0) is 24.5. The van der Waals surface area contributed by atoms with Gasteiger partial charge in [-0.3, -0.25) is 4.99 Å². The molecule has 6 nitrogen and oxygen atoms in total. The molecular weight excluding hydrogens is 448 g/mol. The Morgan fingerprint density at radius 1 is 1.06 bits per heavy atom. The van der Waals surface area contributed by atoms with Crippen LogP contribution in [0.3, 0.4) is 0 Å². The molecule has 8 heteroatoms. The monoisotopic (exact) mass is 479 g/mol. The minimum absolute atomic E-state index is 0.162. The topological polar surface area (TPSA) is 53.9 Å². The molecule has 0 spiro atoms. The first-order valence-electron chi connectivity index (χ1n) is 12.3. The average Bonchev–Trinajstić information content (AvgIpc) is 3.44. The lowest BCUT2D eigenvalue weighted by molar-refractivity contribution is 0.311. The van der Waals surface area contributed by atoms with Crippen LogP contribution in [0.1, 0.15) is 43.6 Å². The maximum atomic E-state index is 15.2. The highest BCUT2D eigenvalue weighted by molar-refractivity contribution is 5.98. The zero-order valence-electron chi connectivity index (χ0n) is 20.6. The number of anilines is 1. The Kier molecular flexibility index (Phi) is 6.65. The molecule has 0 saturated carbocycles. The summed E-state index contributed by atoms with van der Waals surface area (Å²) in [4.78, 5) is 18.4. The molecule has 5 rings (SSSR count). The van der Waals surface area contributed by atoms with Crippen LogP contribution in [0.25, 0.3) is 6.08 Å². The third-order valence-electron chi connectivity index (χ3n) is 6.71. The molecule has 1 aromatic heterocycles. The second-order valence-electron chi connectivity index (χ2n) is 9.64. The summed E-state index contributed by atoms with van der Waals surface area (Å²) in [6, 6.07) is 2.84. The number of allylic oxidation sites excluding steroid dienone is 2. The molecule has 2 aromatic rings. The first kappa shape index (κ1) is 23.6. The van der Waals surface area contributed by atoms with Crippen molar-refractivity contribution < 1.29 is 13.5 Å². The number of nitrogens with zero attached hydrogens (tertiary/aromatic N) is 5. The molecule has 0 N–H and O–H groups in total. The van der Waals surface area contributed by atoms with E-state index in [1.807, 2.05) is 6.92 Å². The van der Waals surface area contributed by atoms with Crippen LogP contribution in [0.4, 0.5) is 14.6 Å². The van der Waals surface area contributed by atoms with Crippen LogP contribution in [0.15, 0.2) is 34.3 Å². The Labute approximate surface area is 205 Å². The Balaban J connectivity index is 1.46. The lowest BCUT2D eigenvalue weighted by Gasteiger charge is -2.33. The van der Waals surface area contributed by atoms with Crippen molar-refractivity contribution in [2.24, 2.45) is 4.99 Å². The number of piperazine rings is 1. The van der Waals surface area contributed by atoms with Crippen molar-refractivity contribution in [1.82, 2.24) is 14.9 Å². The van der Waals surface area contributed by atoms with Crippen molar-refractivity contribution >= 4 is 17.6 Å². The number of aliphatic imine (C=N–C) groups is 1. The Morgan fingerprint density at radius 2 is 1.86 bits per heavy atom. The van der Waals surface area contributed by atoms with Crippen LogP contribution >= 0.6 is 0 Å². The number of ether oxygens (including phenoxy) is 1. The number of likely N-dealkylation sites (N-methyl/N-ethyl adjacent to an activating group) is 1. The van der Waals surface area contributed by atoms with Gasteiger partial charge in [-0.1, -0.05) is 25.0 Å². The molecule has 0 atom stereocenters. The highest BCUT2D eigenvalue weighted by Gasteiger charge is 2.24. The number of aromatic nitrogens is 2. The van der Waals surface area contributed by atoms with Crippen LogP contribution in [-0.4, -0.2) is 60.4 Å². The molecule has 0 amide bonds. The van der Waals surface area contributed by atoms with Gasteiger partial charge in [-0.2, -0.15) is 4.98 Å². The molecule has 1 fully saturated rings. The largest absolute Gasteiger partial charge is 0.436 e. The molecule has 35 heavy (non-hydrogen) atoms. The number of rotatable bonds is 7. The molecule has 1 aliphatic carbocycles. The number of hydrogen-bond acceptors (Lipinski definition) is 6. The van der Waals surface area contributed by atoms with Gasteiger partial charge in [0.2, 0.25) is 5.88 Å². The first-order chi connectivity index (χ1) is 16.9. The van der Waals surface area contributed by atoms with Crippen LogP contribution in [0.2, 0.25) is 0 Å². The van der Waals surface area contributed by atoms with Crippen LogP contribution in [0.5, 0.6) is 11.6 Å². The molecule has 0 radical (unpaired) electrons. The van der Waals surface area contributed by atoms with Gasteiger partial charge in [0.05, 0.1) is 6.54 Å². The van der Waals surface area contributed by atoms with E-state index >= 15 is 4.39 Å². The van der Waals surface area contributed by atoms with Crippen molar-refractivity contribution in [2.75, 3.05) is 44.7 Å². The molecule has 0 bridgehead atoms. The van der Waals surface area contributed by atoms with E-state index in [0.717, 1.165) is 68.7 Å². The molecule has 1 saturated heterocycles. The van der Waals surface area contributed by atoms with E-state index in [1.165, 1.54) is 5.57 Å². The van der Waals surface area contributed by atoms with Gasteiger partial charge in [0, 0.05) is 61.6 Å². The van der Waals surface area contributed by atoms with Gasteiger partial charge < -0.3 is 14.5 Å². The molecule has 0 unspecified atom stereocenters. The number of fused-ring (bicyclic) bond motifs is 1. The fourth-order valence-corrected chi connectivity index (χ4v) is 4.81. The number of benzene rings is 1. The molecular formula is C27H31F2N5O. The van der Waals surface area contributed by atoms with Crippen molar-refractivity contribution in [1.29, 1.82) is 0 Å². The second-order valence-corrected chi connectivity index (χ2v) is 9.64. The van der Waals surface area contributed by atoms with Gasteiger partial charge in [0.1, 0.15) is 17.5 Å². The predicted octanol–water partition coefficient (Wildman–Crippen LogP) is 4.98. The lowest BCUT2D eigenvalue weighted by atomic mass is 10.1. The smallest absolute Gasteiger partial charge is 0.224 e. The molecule has 2 aliphatic heterocycles. The van der Waals surface area contributed by atoms with Gasteiger partial charge in [-0.05, 0) is 38.5 Å². The summed E-state index contributed by atoms with van der Waals surface area (Å²) >= 11 is 0. The first-order valence-corrected chi connectivity index (χ1v) is 12.3. The average molecular weight is 480 g/mol. The summed E-state index contributed by atoms with van der Waals surface area (Å²) in [5.74, 6) is 0.301. The Bertz CT molecular complexity index is 1230. The van der Waals surface area contributed by atoms with E-state index in [4.69, 9.17) is 9.72 Å². The summed E-state index contributed by atoms with van der Waals surface area (Å²) in [5, 5.41) is 0. The third kappa shape index (κ3) is 5.12. The minimum atomic E-state index is -0.563. The summed E-state index contributed by atoms with van der Waals surface area (Å²) in [7, 11) is 2.09. The van der Waals surface area contributed by atoms with E-state index in [0.29, 0.717) is 24.2 Å². The minimum Gasteiger partial charge on any atom is -0.436 e. The third-order valence-corrected chi connectivity index (χ3v) is 6.71. The van der Waals surface area contributed by atoms with Gasteiger partial charge in [-0.25, -0.2) is 13.8 Å². The molecule has 184 valence electrons. The normalized spacial score (nSPS) is 17.9. The summed E-state index contributed by atoms with van der Waals surface area (Å²) < 4.78 is 35.8. The van der Waals surface area contributed by atoms with Crippen molar-refractivity contribution in [2.45, 2.75) is 39.5 Å². The quantitative estimate of drug-likeness (QED) is 0.561.